The minimum Gasteiger partial charge on any atom is -0.480 e. The Bertz CT molecular complexity index is 828. The Labute approximate surface area is 151 Å². The average molecular weight is 358 g/mol. The highest BCUT2D eigenvalue weighted by Crippen LogP contribution is 2.23. The van der Waals surface area contributed by atoms with Gasteiger partial charge in [0.15, 0.2) is 0 Å². The predicted octanol–water partition coefficient (Wildman–Crippen LogP) is 1.30. The van der Waals surface area contributed by atoms with E-state index in [1.54, 1.807) is 31.6 Å². The van der Waals surface area contributed by atoms with Crippen molar-refractivity contribution in [2.24, 2.45) is 7.05 Å². The number of nitrogens with zero attached hydrogens (tertiary/aromatic N) is 3. The van der Waals surface area contributed by atoms with Crippen molar-refractivity contribution in [3.63, 3.8) is 0 Å². The van der Waals surface area contributed by atoms with Crippen molar-refractivity contribution in [2.45, 2.75) is 37.8 Å². The number of carbonyl (C=O) groups excluding carboxylic acids is 1. The van der Waals surface area contributed by atoms with Crippen LogP contribution in [0.4, 0.5) is 0 Å². The first-order valence-electron chi connectivity index (χ1n) is 8.56. The molecule has 1 saturated carbocycles. The van der Waals surface area contributed by atoms with Crippen LogP contribution < -0.4 is 20.3 Å². The van der Waals surface area contributed by atoms with Crippen molar-refractivity contribution < 1.29 is 14.3 Å². The Kier molecular flexibility index (Phi) is 5.50. The van der Waals surface area contributed by atoms with E-state index >= 15 is 0 Å². The zero-order valence-corrected chi connectivity index (χ0v) is 14.8. The molecule has 0 radical (unpaired) electrons. The van der Waals surface area contributed by atoms with E-state index in [4.69, 9.17) is 9.47 Å². The highest BCUT2D eigenvalue weighted by Gasteiger charge is 2.25. The molecule has 8 heteroatoms. The molecule has 0 aliphatic heterocycles. The fraction of sp³-hybridized carbons (Fsp3) is 0.444. The zero-order chi connectivity index (χ0) is 18.5. The van der Waals surface area contributed by atoms with Gasteiger partial charge in [0, 0.05) is 19.3 Å². The van der Waals surface area contributed by atoms with Crippen LogP contribution in [0, 0.1) is 0 Å². The molecule has 1 aliphatic carbocycles. The molecule has 1 fully saturated rings. The van der Waals surface area contributed by atoms with E-state index in [0.717, 1.165) is 25.7 Å². The fourth-order valence-electron chi connectivity index (χ4n) is 3.02. The summed E-state index contributed by atoms with van der Waals surface area (Å²) < 4.78 is 12.3. The minimum absolute atomic E-state index is 0.0224. The number of carbonyl (C=O) groups is 1. The van der Waals surface area contributed by atoms with E-state index in [-0.39, 0.29) is 29.2 Å². The lowest BCUT2D eigenvalue weighted by molar-refractivity contribution is 0.0887. The summed E-state index contributed by atoms with van der Waals surface area (Å²) in [6, 6.07) is 3.27. The zero-order valence-electron chi connectivity index (χ0n) is 14.8. The Morgan fingerprint density at radius 3 is 2.69 bits per heavy atom. The van der Waals surface area contributed by atoms with Gasteiger partial charge in [0.2, 0.25) is 11.8 Å². The monoisotopic (exact) mass is 358 g/mol. The molecule has 0 bridgehead atoms. The molecule has 1 N–H and O–H groups in total. The molecule has 0 spiro atoms. The lowest BCUT2D eigenvalue weighted by Crippen LogP contribution is -2.41. The molecule has 2 heterocycles. The average Bonchev–Trinajstić information content (AvgIpc) is 2.65. The summed E-state index contributed by atoms with van der Waals surface area (Å²) in [5, 5.41) is 2.95. The molecule has 2 aromatic heterocycles. The number of pyridine rings is 1. The molecule has 0 atom stereocenters. The Morgan fingerprint density at radius 2 is 1.96 bits per heavy atom. The normalized spacial score (nSPS) is 19.6. The molecule has 0 aromatic carbocycles. The first-order valence-corrected chi connectivity index (χ1v) is 8.56. The quantitative estimate of drug-likeness (QED) is 0.866. The molecular formula is C18H22N4O4. The van der Waals surface area contributed by atoms with Crippen molar-refractivity contribution in [1.82, 2.24) is 19.9 Å². The molecule has 0 unspecified atom stereocenters. The lowest BCUT2D eigenvalue weighted by Gasteiger charge is -2.29. The maximum Gasteiger partial charge on any atom is 0.263 e. The van der Waals surface area contributed by atoms with Crippen LogP contribution in [-0.2, 0) is 7.05 Å². The maximum absolute atomic E-state index is 12.3. The topological polar surface area (TPSA) is 95.3 Å². The van der Waals surface area contributed by atoms with Crippen LogP contribution in [-0.4, -0.2) is 39.7 Å². The van der Waals surface area contributed by atoms with Gasteiger partial charge in [-0.25, -0.2) is 0 Å². The Balaban J connectivity index is 1.53. The Morgan fingerprint density at radius 1 is 1.23 bits per heavy atom. The van der Waals surface area contributed by atoms with Crippen LogP contribution in [0.1, 0.15) is 36.0 Å². The number of aromatic nitrogens is 3. The van der Waals surface area contributed by atoms with Gasteiger partial charge in [-0.1, -0.05) is 0 Å². The third kappa shape index (κ3) is 4.19. The second-order valence-electron chi connectivity index (χ2n) is 6.30. The van der Waals surface area contributed by atoms with Crippen molar-refractivity contribution in [2.75, 3.05) is 7.11 Å². The van der Waals surface area contributed by atoms with Gasteiger partial charge >= 0.3 is 0 Å². The second kappa shape index (κ2) is 7.99. The van der Waals surface area contributed by atoms with Crippen molar-refractivity contribution >= 4 is 5.91 Å². The number of hydrogen-bond donors (Lipinski definition) is 1. The van der Waals surface area contributed by atoms with Crippen LogP contribution in [0.25, 0.3) is 0 Å². The van der Waals surface area contributed by atoms with Crippen LogP contribution in [0.3, 0.4) is 0 Å². The lowest BCUT2D eigenvalue weighted by atomic mass is 9.92. The van der Waals surface area contributed by atoms with Crippen LogP contribution in [0.2, 0.25) is 0 Å². The standard InChI is InChI=1S/C18H22N4O4/c1-22-9-3-4-14(18(22)24)17(23)20-12-5-7-13(8-6-12)26-16-11-19-10-15(21-16)25-2/h3-4,9-13H,5-8H2,1-2H3,(H,20,23). The molecule has 26 heavy (non-hydrogen) atoms. The number of aryl methyl sites for hydroxylation is 1. The molecule has 2 aromatic rings. The van der Waals surface area contributed by atoms with E-state index in [1.165, 1.54) is 17.9 Å². The van der Waals surface area contributed by atoms with Gasteiger partial charge in [-0.3, -0.25) is 14.6 Å². The highest BCUT2D eigenvalue weighted by atomic mass is 16.5. The van der Waals surface area contributed by atoms with Crippen molar-refractivity contribution in [3.8, 4) is 11.8 Å². The molecule has 8 nitrogen and oxygen atoms in total. The van der Waals surface area contributed by atoms with Gasteiger partial charge in [-0.2, -0.15) is 4.98 Å². The molecule has 1 aliphatic rings. The van der Waals surface area contributed by atoms with Gasteiger partial charge in [0.05, 0.1) is 19.5 Å². The van der Waals surface area contributed by atoms with Gasteiger partial charge in [0.25, 0.3) is 11.5 Å². The molecular weight excluding hydrogens is 336 g/mol. The van der Waals surface area contributed by atoms with Gasteiger partial charge in [-0.05, 0) is 37.8 Å². The Hall–Kier alpha value is -2.90. The summed E-state index contributed by atoms with van der Waals surface area (Å²) in [4.78, 5) is 32.6. The largest absolute Gasteiger partial charge is 0.480 e. The number of rotatable bonds is 5. The maximum atomic E-state index is 12.3. The first kappa shape index (κ1) is 17.9. The van der Waals surface area contributed by atoms with E-state index < -0.39 is 0 Å². The predicted molar refractivity (Wildman–Crippen MR) is 94.4 cm³/mol. The number of ether oxygens (including phenoxy) is 2. The molecule has 0 saturated heterocycles. The van der Waals surface area contributed by atoms with Gasteiger partial charge in [0.1, 0.15) is 11.7 Å². The first-order chi connectivity index (χ1) is 12.6. The highest BCUT2D eigenvalue weighted by molar-refractivity contribution is 5.93. The van der Waals surface area contributed by atoms with Gasteiger partial charge in [-0.15, -0.1) is 0 Å². The molecule has 3 rings (SSSR count). The fourth-order valence-corrected chi connectivity index (χ4v) is 3.02. The van der Waals surface area contributed by atoms with Crippen LogP contribution in [0.5, 0.6) is 11.8 Å². The number of methoxy groups -OCH3 is 1. The van der Waals surface area contributed by atoms with Crippen LogP contribution >= 0.6 is 0 Å². The summed E-state index contributed by atoms with van der Waals surface area (Å²) in [6.45, 7) is 0. The van der Waals surface area contributed by atoms with E-state index in [1.807, 2.05) is 0 Å². The molecule has 1 amide bonds. The SMILES string of the molecule is COc1cncc(OC2CCC(NC(=O)c3cccn(C)c3=O)CC2)n1. The third-order valence-electron chi connectivity index (χ3n) is 4.46. The van der Waals surface area contributed by atoms with Crippen molar-refractivity contribution in [1.29, 1.82) is 0 Å². The van der Waals surface area contributed by atoms with E-state index in [9.17, 15) is 9.59 Å². The smallest absolute Gasteiger partial charge is 0.263 e. The number of hydrogen-bond acceptors (Lipinski definition) is 6. The molecule has 138 valence electrons. The van der Waals surface area contributed by atoms with E-state index in [0.29, 0.717) is 11.8 Å². The van der Waals surface area contributed by atoms with Crippen molar-refractivity contribution in [3.05, 3.63) is 46.6 Å². The summed E-state index contributed by atoms with van der Waals surface area (Å²) in [5.74, 6) is 0.520. The number of amides is 1. The summed E-state index contributed by atoms with van der Waals surface area (Å²) in [7, 11) is 3.16. The summed E-state index contributed by atoms with van der Waals surface area (Å²) in [5.41, 5.74) is -0.126. The number of nitrogens with one attached hydrogen (secondary N) is 1. The summed E-state index contributed by atoms with van der Waals surface area (Å²) in [6.07, 6.45) is 7.86. The minimum atomic E-state index is -0.325. The third-order valence-corrected chi connectivity index (χ3v) is 4.46. The van der Waals surface area contributed by atoms with E-state index in [2.05, 4.69) is 15.3 Å². The van der Waals surface area contributed by atoms with Gasteiger partial charge < -0.3 is 19.4 Å². The second-order valence-corrected chi connectivity index (χ2v) is 6.30. The van der Waals surface area contributed by atoms with Crippen LogP contribution in [0.15, 0.2) is 35.5 Å². The summed E-state index contributed by atoms with van der Waals surface area (Å²) >= 11 is 0.